The first-order valence-corrected chi connectivity index (χ1v) is 9.26. The molecule has 4 rings (SSSR count). The number of nitrogens with one attached hydrogen (secondary N) is 1. The molecule has 0 amide bonds. The van der Waals surface area contributed by atoms with Crippen LogP contribution in [0.3, 0.4) is 0 Å². The predicted octanol–water partition coefficient (Wildman–Crippen LogP) is 4.66. The van der Waals surface area contributed by atoms with E-state index in [1.165, 1.54) is 24.3 Å². The zero-order valence-corrected chi connectivity index (χ0v) is 15.1. The van der Waals surface area contributed by atoms with Gasteiger partial charge in [0.15, 0.2) is 0 Å². The van der Waals surface area contributed by atoms with E-state index in [-0.39, 0.29) is 17.1 Å². The van der Waals surface area contributed by atoms with E-state index in [1.54, 1.807) is 24.3 Å². The third kappa shape index (κ3) is 3.73. The largest absolute Gasteiger partial charge is 0.573 e. The predicted molar refractivity (Wildman–Crippen MR) is 95.3 cm³/mol. The van der Waals surface area contributed by atoms with Crippen molar-refractivity contribution in [3.05, 3.63) is 65.5 Å². The number of rotatable bonds is 5. The fourth-order valence-electron chi connectivity index (χ4n) is 4.71. The number of halogens is 4. The van der Waals surface area contributed by atoms with Gasteiger partial charge in [-0.2, -0.15) is 0 Å². The number of fused-ring (bicyclic) bond motifs is 2. The maximum atomic E-state index is 13.5. The van der Waals surface area contributed by atoms with Crippen molar-refractivity contribution < 1.29 is 27.4 Å². The van der Waals surface area contributed by atoms with E-state index in [9.17, 15) is 22.7 Å². The van der Waals surface area contributed by atoms with E-state index in [0.29, 0.717) is 12.0 Å². The van der Waals surface area contributed by atoms with Crippen molar-refractivity contribution in [3.8, 4) is 5.75 Å². The molecule has 0 spiro atoms. The molecule has 2 N–H and O–H groups in total. The zero-order valence-electron chi connectivity index (χ0n) is 15.1. The van der Waals surface area contributed by atoms with Crippen LogP contribution >= 0.6 is 0 Å². The van der Waals surface area contributed by atoms with Gasteiger partial charge in [0.25, 0.3) is 0 Å². The lowest BCUT2D eigenvalue weighted by molar-refractivity contribution is -0.274. The van der Waals surface area contributed by atoms with Gasteiger partial charge in [-0.05, 0) is 67.5 Å². The number of hydrogen-bond donors (Lipinski definition) is 2. The lowest BCUT2D eigenvalue weighted by atomic mass is 9.76. The second-order valence-corrected chi connectivity index (χ2v) is 7.89. The van der Waals surface area contributed by atoms with Gasteiger partial charge in [0, 0.05) is 11.1 Å². The summed E-state index contributed by atoms with van der Waals surface area (Å²) in [5.41, 5.74) is 0.757. The Morgan fingerprint density at radius 1 is 1.04 bits per heavy atom. The molecule has 28 heavy (non-hydrogen) atoms. The summed E-state index contributed by atoms with van der Waals surface area (Å²) in [4.78, 5) is 0. The molecule has 2 aliphatic rings. The molecule has 2 heterocycles. The van der Waals surface area contributed by atoms with Crippen LogP contribution in [-0.2, 0) is 6.42 Å². The van der Waals surface area contributed by atoms with Gasteiger partial charge in [-0.1, -0.05) is 24.3 Å². The van der Waals surface area contributed by atoms with Gasteiger partial charge in [0.2, 0.25) is 0 Å². The lowest BCUT2D eigenvalue weighted by Gasteiger charge is -2.32. The molecule has 2 aromatic rings. The van der Waals surface area contributed by atoms with Crippen molar-refractivity contribution in [3.63, 3.8) is 0 Å². The Bertz CT molecular complexity index is 842. The van der Waals surface area contributed by atoms with Crippen LogP contribution in [0.2, 0.25) is 0 Å². The van der Waals surface area contributed by atoms with Gasteiger partial charge in [0.1, 0.15) is 11.6 Å². The second-order valence-electron chi connectivity index (χ2n) is 7.89. The van der Waals surface area contributed by atoms with Crippen molar-refractivity contribution in [2.75, 3.05) is 0 Å². The van der Waals surface area contributed by atoms with Crippen molar-refractivity contribution >= 4 is 0 Å². The summed E-state index contributed by atoms with van der Waals surface area (Å²) < 4.78 is 54.3. The van der Waals surface area contributed by atoms with E-state index >= 15 is 0 Å². The molecule has 0 aliphatic carbocycles. The van der Waals surface area contributed by atoms with Crippen LogP contribution in [0.4, 0.5) is 17.6 Å². The molecule has 7 heteroatoms. The minimum Gasteiger partial charge on any atom is -0.406 e. The average Bonchev–Trinajstić information content (AvgIpc) is 3.19. The summed E-state index contributed by atoms with van der Waals surface area (Å²) >= 11 is 0. The van der Waals surface area contributed by atoms with Crippen LogP contribution in [0.15, 0.2) is 48.5 Å². The Morgan fingerprint density at radius 2 is 1.71 bits per heavy atom. The van der Waals surface area contributed by atoms with Crippen molar-refractivity contribution in [2.45, 2.75) is 55.6 Å². The minimum atomic E-state index is -4.70. The summed E-state index contributed by atoms with van der Waals surface area (Å²) in [6.07, 6.45) is -1.64. The summed E-state index contributed by atoms with van der Waals surface area (Å²) in [7, 11) is 0. The first-order valence-electron chi connectivity index (χ1n) is 9.26. The Morgan fingerprint density at radius 3 is 2.32 bits per heavy atom. The molecule has 1 atom stereocenters. The first kappa shape index (κ1) is 19.2. The fraction of sp³-hybridized carbons (Fsp3) is 0.429. The fourth-order valence-corrected chi connectivity index (χ4v) is 4.71. The number of hydrogen-bond acceptors (Lipinski definition) is 3. The highest BCUT2D eigenvalue weighted by atomic mass is 19.4. The van der Waals surface area contributed by atoms with Crippen molar-refractivity contribution in [2.24, 2.45) is 0 Å². The normalized spacial score (nSPS) is 27.8. The molecular weight excluding hydrogens is 374 g/mol. The highest BCUT2D eigenvalue weighted by Crippen LogP contribution is 2.51. The third-order valence-electron chi connectivity index (χ3n) is 6.00. The van der Waals surface area contributed by atoms with E-state index in [2.05, 4.69) is 10.1 Å². The molecule has 0 aromatic heterocycles. The second kappa shape index (κ2) is 6.74. The van der Waals surface area contributed by atoms with E-state index < -0.39 is 18.0 Å². The van der Waals surface area contributed by atoms with Gasteiger partial charge in [0.05, 0.1) is 6.10 Å². The van der Waals surface area contributed by atoms with Gasteiger partial charge in [-0.25, -0.2) is 4.39 Å². The molecule has 150 valence electrons. The molecule has 0 unspecified atom stereocenters. The summed E-state index contributed by atoms with van der Waals surface area (Å²) in [5.74, 6) is -0.619. The maximum absolute atomic E-state index is 13.5. The molecule has 0 radical (unpaired) electrons. The van der Waals surface area contributed by atoms with E-state index in [0.717, 1.165) is 31.2 Å². The van der Waals surface area contributed by atoms with Gasteiger partial charge < -0.3 is 15.2 Å². The van der Waals surface area contributed by atoms with Crippen molar-refractivity contribution in [1.82, 2.24) is 5.32 Å². The third-order valence-corrected chi connectivity index (χ3v) is 6.00. The molecule has 2 bridgehead atoms. The molecule has 0 saturated carbocycles. The summed E-state index contributed by atoms with van der Waals surface area (Å²) in [5, 5.41) is 14.5. The van der Waals surface area contributed by atoms with Gasteiger partial charge >= 0.3 is 6.36 Å². The molecule has 2 saturated heterocycles. The Kier molecular flexibility index (Phi) is 4.62. The zero-order chi connectivity index (χ0) is 20.0. The Balaban J connectivity index is 1.46. The van der Waals surface area contributed by atoms with Crippen LogP contribution in [0.5, 0.6) is 5.75 Å². The van der Waals surface area contributed by atoms with E-state index in [4.69, 9.17) is 0 Å². The Labute approximate surface area is 160 Å². The number of ether oxygens (including phenoxy) is 1. The molecule has 2 aromatic carbocycles. The average molecular weight is 395 g/mol. The van der Waals surface area contributed by atoms with Gasteiger partial charge in [-0.15, -0.1) is 13.2 Å². The minimum absolute atomic E-state index is 0.208. The Hall–Kier alpha value is -2.12. The van der Waals surface area contributed by atoms with Crippen LogP contribution < -0.4 is 10.1 Å². The number of aliphatic hydroxyl groups is 1. The highest BCUT2D eigenvalue weighted by molar-refractivity contribution is 5.32. The lowest BCUT2D eigenvalue weighted by Crippen LogP contribution is -2.47. The molecule has 3 nitrogen and oxygen atoms in total. The number of aliphatic hydroxyl groups excluding tert-OH is 1. The van der Waals surface area contributed by atoms with Crippen LogP contribution in [-0.4, -0.2) is 22.5 Å². The quantitative estimate of drug-likeness (QED) is 0.724. The monoisotopic (exact) mass is 395 g/mol. The smallest absolute Gasteiger partial charge is 0.406 e. The number of alkyl halides is 3. The van der Waals surface area contributed by atoms with E-state index in [1.807, 2.05) is 0 Å². The number of benzene rings is 2. The molecule has 2 aliphatic heterocycles. The molecular formula is C21H21F4NO2. The topological polar surface area (TPSA) is 41.5 Å². The van der Waals surface area contributed by atoms with Crippen molar-refractivity contribution in [1.29, 1.82) is 0 Å². The standard InChI is InChI=1S/C21H21F4NO2/c22-16-3-1-2-15(12-16)18(27)20-10-8-19(26-20,9-11-20)13-14-4-6-17(7-5-14)28-21(23,24)25/h1-7,12,18,26-27H,8-11,13H2/t18-,19?,20?/m1/s1. The molecule has 2 fully saturated rings. The first-order chi connectivity index (χ1) is 13.2. The maximum Gasteiger partial charge on any atom is 0.573 e. The SMILES string of the molecule is O[C@H](c1cccc(F)c1)C12CCC(Cc3ccc(OC(F)(F)F)cc3)(CC1)N2. The summed E-state index contributed by atoms with van der Waals surface area (Å²) in [6, 6.07) is 11.9. The van der Waals surface area contributed by atoms with Crippen LogP contribution in [0.1, 0.15) is 42.9 Å². The summed E-state index contributed by atoms with van der Waals surface area (Å²) in [6.45, 7) is 0. The highest BCUT2D eigenvalue weighted by Gasteiger charge is 2.56. The van der Waals surface area contributed by atoms with Gasteiger partial charge in [-0.3, -0.25) is 0 Å². The van der Waals surface area contributed by atoms with Crippen LogP contribution in [0.25, 0.3) is 0 Å². The van der Waals surface area contributed by atoms with Crippen LogP contribution in [0, 0.1) is 5.82 Å².